The number of ether oxygens (including phenoxy) is 2. The molecule has 0 aliphatic carbocycles. The Kier molecular flexibility index (Phi) is 9.52. The van der Waals surface area contributed by atoms with Crippen molar-refractivity contribution in [3.05, 3.63) is 99.6 Å². The topological polar surface area (TPSA) is 161 Å². The molecule has 0 heterocycles. The number of hydrogen-bond acceptors (Lipinski definition) is 9. The minimum Gasteiger partial charge on any atom is -0.504 e. The Morgan fingerprint density at radius 3 is 1.95 bits per heavy atom. The first-order chi connectivity index (χ1) is 18.7. The highest BCUT2D eigenvalue weighted by Crippen LogP contribution is 2.27. The van der Waals surface area contributed by atoms with Crippen LogP contribution in [0.1, 0.15) is 27.9 Å². The zero-order chi connectivity index (χ0) is 28.4. The van der Waals surface area contributed by atoms with Gasteiger partial charge in [0.2, 0.25) is 0 Å². The summed E-state index contributed by atoms with van der Waals surface area (Å²) >= 11 is 0. The Bertz CT molecular complexity index is 1460. The smallest absolute Gasteiger partial charge is 0.271 e. The SMILES string of the molecule is COc1cc(C=CC(=O)CC(C=Cc2ccc(O)c(OC)c2)=NNC(=O)c2ccc([N+](=O)[O-])cc2)ccc1O. The number of carbonyl (C=O) groups is 2. The third-order valence-electron chi connectivity index (χ3n) is 5.33. The minimum absolute atomic E-state index is 0.0323. The van der Waals surface area contributed by atoms with Gasteiger partial charge in [0.1, 0.15) is 0 Å². The number of amides is 1. The number of nitro groups is 1. The molecule has 3 rings (SSSR count). The van der Waals surface area contributed by atoms with Crippen molar-refractivity contribution in [2.75, 3.05) is 14.2 Å². The number of phenols is 2. The minimum atomic E-state index is -0.624. The molecular formula is C28H25N3O8. The lowest BCUT2D eigenvalue weighted by atomic mass is 10.1. The predicted molar refractivity (Wildman–Crippen MR) is 145 cm³/mol. The van der Waals surface area contributed by atoms with Crippen LogP contribution in [-0.2, 0) is 4.79 Å². The fraction of sp³-hybridized carbons (Fsp3) is 0.107. The van der Waals surface area contributed by atoms with Crippen molar-refractivity contribution in [1.29, 1.82) is 0 Å². The molecule has 0 unspecified atom stereocenters. The molecule has 0 saturated carbocycles. The normalized spacial score (nSPS) is 11.5. The second kappa shape index (κ2) is 13.2. The van der Waals surface area contributed by atoms with Crippen molar-refractivity contribution < 1.29 is 34.2 Å². The van der Waals surface area contributed by atoms with Crippen LogP contribution in [0.25, 0.3) is 12.2 Å². The summed E-state index contributed by atoms with van der Waals surface area (Å²) in [6.45, 7) is 0. The molecule has 3 aromatic rings. The van der Waals surface area contributed by atoms with Gasteiger partial charge in [0, 0.05) is 17.7 Å². The lowest BCUT2D eigenvalue weighted by Crippen LogP contribution is -2.20. The molecule has 3 aromatic carbocycles. The summed E-state index contributed by atoms with van der Waals surface area (Å²) in [7, 11) is 2.83. The number of phenolic OH excluding ortho intramolecular Hbond substituents is 2. The lowest BCUT2D eigenvalue weighted by molar-refractivity contribution is -0.384. The van der Waals surface area contributed by atoms with E-state index in [0.717, 1.165) is 0 Å². The Labute approximate surface area is 223 Å². The van der Waals surface area contributed by atoms with Gasteiger partial charge in [-0.3, -0.25) is 19.7 Å². The van der Waals surface area contributed by atoms with Crippen LogP contribution in [0, 0.1) is 10.1 Å². The lowest BCUT2D eigenvalue weighted by Gasteiger charge is -2.05. The molecule has 0 aliphatic rings. The third-order valence-corrected chi connectivity index (χ3v) is 5.33. The number of methoxy groups -OCH3 is 2. The van der Waals surface area contributed by atoms with Crippen LogP contribution in [0.5, 0.6) is 23.0 Å². The van der Waals surface area contributed by atoms with Crippen LogP contribution in [0.2, 0.25) is 0 Å². The number of aromatic hydroxyl groups is 2. The van der Waals surface area contributed by atoms with Gasteiger partial charge in [0.15, 0.2) is 28.8 Å². The molecule has 0 radical (unpaired) electrons. The number of nitro benzene ring substituents is 1. The highest BCUT2D eigenvalue weighted by atomic mass is 16.6. The maximum atomic E-state index is 12.7. The number of allylic oxidation sites excluding steroid dienone is 2. The standard InChI is InChI=1S/C28H25N3O8/c1-38-26-15-18(5-13-24(26)33)3-9-21(29-30-28(35)20-7-10-22(11-8-20)31(36)37)17-23(32)12-4-19-6-14-25(34)27(16-19)39-2/h3-16,33-34H,17H2,1-2H3,(H,30,35). The summed E-state index contributed by atoms with van der Waals surface area (Å²) < 4.78 is 10.2. The number of rotatable bonds is 11. The van der Waals surface area contributed by atoms with E-state index in [1.54, 1.807) is 36.4 Å². The van der Waals surface area contributed by atoms with E-state index in [9.17, 15) is 29.9 Å². The number of non-ortho nitro benzene ring substituents is 1. The second-order valence-corrected chi connectivity index (χ2v) is 8.02. The Morgan fingerprint density at radius 1 is 0.897 bits per heavy atom. The fourth-order valence-corrected chi connectivity index (χ4v) is 3.27. The first-order valence-electron chi connectivity index (χ1n) is 11.4. The number of hydrogen-bond donors (Lipinski definition) is 3. The van der Waals surface area contributed by atoms with Crippen molar-refractivity contribution in [3.63, 3.8) is 0 Å². The molecule has 39 heavy (non-hydrogen) atoms. The van der Waals surface area contributed by atoms with Crippen LogP contribution in [0.4, 0.5) is 5.69 Å². The average molecular weight is 532 g/mol. The molecule has 0 atom stereocenters. The third kappa shape index (κ3) is 8.02. The number of benzene rings is 3. The van der Waals surface area contributed by atoms with Crippen molar-refractivity contribution >= 4 is 35.2 Å². The van der Waals surface area contributed by atoms with E-state index < -0.39 is 10.8 Å². The van der Waals surface area contributed by atoms with Gasteiger partial charge in [-0.2, -0.15) is 5.10 Å². The van der Waals surface area contributed by atoms with Crippen LogP contribution in [0.15, 0.2) is 77.9 Å². The number of carbonyl (C=O) groups excluding carboxylic acids is 2. The number of nitrogens with one attached hydrogen (secondary N) is 1. The van der Waals surface area contributed by atoms with Crippen molar-refractivity contribution in [3.8, 4) is 23.0 Å². The highest BCUT2D eigenvalue weighted by molar-refractivity contribution is 6.13. The molecule has 11 nitrogen and oxygen atoms in total. The summed E-state index contributed by atoms with van der Waals surface area (Å²) in [5, 5.41) is 34.4. The molecular weight excluding hydrogens is 506 g/mol. The molecule has 3 N–H and O–H groups in total. The summed E-state index contributed by atoms with van der Waals surface area (Å²) in [4.78, 5) is 35.5. The van der Waals surface area contributed by atoms with Crippen LogP contribution < -0.4 is 14.9 Å². The molecule has 200 valence electrons. The molecule has 11 heteroatoms. The number of hydrazone groups is 1. The Hall–Kier alpha value is -5.45. The molecule has 0 aliphatic heterocycles. The predicted octanol–water partition coefficient (Wildman–Crippen LogP) is 4.50. The van der Waals surface area contributed by atoms with Crippen molar-refractivity contribution in [1.82, 2.24) is 5.43 Å². The van der Waals surface area contributed by atoms with Gasteiger partial charge < -0.3 is 19.7 Å². The molecule has 0 fully saturated rings. The molecule has 0 saturated heterocycles. The van der Waals surface area contributed by atoms with E-state index in [0.29, 0.717) is 11.1 Å². The zero-order valence-electron chi connectivity index (χ0n) is 21.0. The number of nitrogens with zero attached hydrogens (tertiary/aromatic N) is 2. The van der Waals surface area contributed by atoms with Crippen LogP contribution in [0.3, 0.4) is 0 Å². The maximum Gasteiger partial charge on any atom is 0.271 e. The summed E-state index contributed by atoms with van der Waals surface area (Å²) in [6, 6.07) is 14.3. The molecule has 1 amide bonds. The number of ketones is 1. The van der Waals surface area contributed by atoms with Gasteiger partial charge in [0.05, 0.1) is 31.3 Å². The van der Waals surface area contributed by atoms with Gasteiger partial charge in [-0.15, -0.1) is 0 Å². The van der Waals surface area contributed by atoms with Gasteiger partial charge in [-0.25, -0.2) is 5.43 Å². The van der Waals surface area contributed by atoms with Crippen molar-refractivity contribution in [2.45, 2.75) is 6.42 Å². The van der Waals surface area contributed by atoms with Gasteiger partial charge >= 0.3 is 0 Å². The van der Waals surface area contributed by atoms with E-state index >= 15 is 0 Å². The van der Waals surface area contributed by atoms with Gasteiger partial charge in [-0.1, -0.05) is 24.3 Å². The first kappa shape index (κ1) is 28.1. The Morgan fingerprint density at radius 2 is 1.44 bits per heavy atom. The van der Waals surface area contributed by atoms with E-state index in [-0.39, 0.29) is 52.2 Å². The molecule has 0 spiro atoms. The summed E-state index contributed by atoms with van der Waals surface area (Å²) in [5.41, 5.74) is 3.80. The second-order valence-electron chi connectivity index (χ2n) is 8.02. The first-order valence-corrected chi connectivity index (χ1v) is 11.4. The summed E-state index contributed by atoms with van der Waals surface area (Å²) in [5.74, 6) is -0.515. The van der Waals surface area contributed by atoms with Gasteiger partial charge in [-0.05, 0) is 59.7 Å². The quantitative estimate of drug-likeness (QED) is 0.141. The van der Waals surface area contributed by atoms with Gasteiger partial charge in [0.25, 0.3) is 11.6 Å². The van der Waals surface area contributed by atoms with Crippen molar-refractivity contribution in [2.24, 2.45) is 5.10 Å². The highest BCUT2D eigenvalue weighted by Gasteiger charge is 2.10. The van der Waals surface area contributed by atoms with Crippen LogP contribution in [-0.4, -0.2) is 46.8 Å². The largest absolute Gasteiger partial charge is 0.504 e. The fourth-order valence-electron chi connectivity index (χ4n) is 3.27. The molecule has 0 aromatic heterocycles. The van der Waals surface area contributed by atoms with E-state index in [4.69, 9.17) is 9.47 Å². The zero-order valence-corrected chi connectivity index (χ0v) is 21.0. The Balaban J connectivity index is 1.81. The molecule has 0 bridgehead atoms. The summed E-state index contributed by atoms with van der Waals surface area (Å²) in [6.07, 6.45) is 5.85. The van der Waals surface area contributed by atoms with Crippen LogP contribution >= 0.6 is 0 Å². The van der Waals surface area contributed by atoms with E-state index in [2.05, 4.69) is 10.5 Å². The maximum absolute atomic E-state index is 12.7. The average Bonchev–Trinajstić information content (AvgIpc) is 2.94. The monoisotopic (exact) mass is 531 g/mol. The van der Waals surface area contributed by atoms with E-state index in [1.807, 2.05) is 0 Å². The van der Waals surface area contributed by atoms with E-state index in [1.165, 1.54) is 62.8 Å².